The molecule has 5 rings (SSSR count). The van der Waals surface area contributed by atoms with Crippen molar-refractivity contribution >= 4 is 11.6 Å². The third kappa shape index (κ3) is 4.49. The number of fused-ring (bicyclic) bond motifs is 1. The molecule has 0 spiro atoms. The number of nitrogens with zero attached hydrogens (tertiary/aromatic N) is 3. The van der Waals surface area contributed by atoms with Gasteiger partial charge in [0.2, 0.25) is 0 Å². The van der Waals surface area contributed by atoms with Crippen molar-refractivity contribution < 1.29 is 4.74 Å². The first kappa shape index (κ1) is 22.4. The van der Waals surface area contributed by atoms with Crippen LogP contribution in [0.3, 0.4) is 0 Å². The molecule has 0 fully saturated rings. The van der Waals surface area contributed by atoms with E-state index in [4.69, 9.17) is 16.3 Å². The molecule has 5 nitrogen and oxygen atoms in total. The smallest absolute Gasteiger partial charge is 0.259 e. The average Bonchev–Trinajstić information content (AvgIpc) is 2.87. The number of hydrogen-bond acceptors (Lipinski definition) is 4. The van der Waals surface area contributed by atoms with Gasteiger partial charge in [-0.3, -0.25) is 14.7 Å². The zero-order valence-electron chi connectivity index (χ0n) is 19.1. The minimum Gasteiger partial charge on any atom is -0.496 e. The average molecular weight is 472 g/mol. The molecule has 0 N–H and O–H groups in total. The van der Waals surface area contributed by atoms with Gasteiger partial charge in [0.1, 0.15) is 5.75 Å². The fourth-order valence-corrected chi connectivity index (χ4v) is 4.93. The Bertz CT molecular complexity index is 1370. The summed E-state index contributed by atoms with van der Waals surface area (Å²) >= 11 is 6.52. The highest BCUT2D eigenvalue weighted by Crippen LogP contribution is 2.30. The van der Waals surface area contributed by atoms with Crippen LogP contribution in [-0.4, -0.2) is 28.1 Å². The lowest BCUT2D eigenvalue weighted by Crippen LogP contribution is -2.36. The van der Waals surface area contributed by atoms with Gasteiger partial charge in [-0.2, -0.15) is 0 Å². The van der Waals surface area contributed by atoms with Crippen molar-refractivity contribution in [3.05, 3.63) is 117 Å². The molecule has 0 aliphatic carbocycles. The van der Waals surface area contributed by atoms with Crippen molar-refractivity contribution in [3.63, 3.8) is 0 Å². The van der Waals surface area contributed by atoms with E-state index >= 15 is 0 Å². The summed E-state index contributed by atoms with van der Waals surface area (Å²) in [4.78, 5) is 20.2. The van der Waals surface area contributed by atoms with Gasteiger partial charge in [0.25, 0.3) is 5.56 Å². The zero-order valence-corrected chi connectivity index (χ0v) is 19.8. The van der Waals surface area contributed by atoms with Gasteiger partial charge in [-0.15, -0.1) is 0 Å². The first-order valence-electron chi connectivity index (χ1n) is 11.4. The highest BCUT2D eigenvalue weighted by atomic mass is 35.5. The largest absolute Gasteiger partial charge is 0.496 e. The number of benzene rings is 2. The maximum Gasteiger partial charge on any atom is 0.259 e. The van der Waals surface area contributed by atoms with E-state index in [1.165, 1.54) is 0 Å². The molecule has 2 aromatic heterocycles. The Hall–Kier alpha value is -3.41. The minimum atomic E-state index is -0.0122. The highest BCUT2D eigenvalue weighted by Gasteiger charge is 2.24. The number of aromatic nitrogens is 2. The third-order valence-electron chi connectivity index (χ3n) is 6.39. The number of ether oxygens (including phenoxy) is 1. The van der Waals surface area contributed by atoms with E-state index in [0.29, 0.717) is 17.1 Å². The second-order valence-electron chi connectivity index (χ2n) is 8.53. The van der Waals surface area contributed by atoms with E-state index in [1.54, 1.807) is 19.5 Å². The van der Waals surface area contributed by atoms with E-state index in [2.05, 4.69) is 16.0 Å². The molecule has 34 heavy (non-hydrogen) atoms. The van der Waals surface area contributed by atoms with Crippen LogP contribution in [0.15, 0.2) is 83.9 Å². The van der Waals surface area contributed by atoms with E-state index in [0.717, 1.165) is 59.8 Å². The van der Waals surface area contributed by atoms with Crippen LogP contribution in [0.4, 0.5) is 0 Å². The monoisotopic (exact) mass is 471 g/mol. The Kier molecular flexibility index (Phi) is 6.48. The molecule has 2 aromatic carbocycles. The standard InChI is InChI=1S/C28H26ClN3O2/c1-34-27-9-5-2-6-21(27)18-31-15-12-26-22(19-31)16-24(23-7-3-4-8-25(23)29)28(33)32(26)17-20-10-13-30-14-11-20/h2-11,13-14,16H,12,15,17-19H2,1H3. The van der Waals surface area contributed by atoms with Crippen molar-refractivity contribution in [1.82, 2.24) is 14.5 Å². The predicted molar refractivity (Wildman–Crippen MR) is 135 cm³/mol. The maximum atomic E-state index is 13.7. The van der Waals surface area contributed by atoms with Crippen LogP contribution in [-0.2, 0) is 26.1 Å². The summed E-state index contributed by atoms with van der Waals surface area (Å²) < 4.78 is 7.48. The molecule has 0 saturated heterocycles. The molecule has 0 radical (unpaired) electrons. The van der Waals surface area contributed by atoms with Crippen LogP contribution in [0, 0.1) is 0 Å². The van der Waals surface area contributed by atoms with Gasteiger partial charge in [-0.25, -0.2) is 0 Å². The summed E-state index contributed by atoms with van der Waals surface area (Å²) in [7, 11) is 1.71. The number of methoxy groups -OCH3 is 1. The Morgan fingerprint density at radius 2 is 1.74 bits per heavy atom. The summed E-state index contributed by atoms with van der Waals surface area (Å²) in [5, 5.41) is 0.580. The molecule has 172 valence electrons. The molecular weight excluding hydrogens is 446 g/mol. The molecule has 4 aromatic rings. The van der Waals surface area contributed by atoms with Gasteiger partial charge in [-0.1, -0.05) is 48.0 Å². The van der Waals surface area contributed by atoms with E-state index in [-0.39, 0.29) is 5.56 Å². The van der Waals surface area contributed by atoms with E-state index in [1.807, 2.05) is 65.2 Å². The lowest BCUT2D eigenvalue weighted by Gasteiger charge is -2.31. The quantitative estimate of drug-likeness (QED) is 0.389. The van der Waals surface area contributed by atoms with Gasteiger partial charge in [0.05, 0.1) is 13.7 Å². The van der Waals surface area contributed by atoms with Crippen LogP contribution in [0.2, 0.25) is 5.02 Å². The Balaban J connectivity index is 1.56. The van der Waals surface area contributed by atoms with E-state index < -0.39 is 0 Å². The van der Waals surface area contributed by atoms with Crippen LogP contribution < -0.4 is 10.3 Å². The molecule has 0 amide bonds. The molecule has 6 heteroatoms. The molecule has 0 unspecified atom stereocenters. The van der Waals surface area contributed by atoms with Gasteiger partial charge in [0.15, 0.2) is 0 Å². The molecular formula is C28H26ClN3O2. The Morgan fingerprint density at radius 1 is 0.971 bits per heavy atom. The molecule has 0 atom stereocenters. The van der Waals surface area contributed by atoms with Crippen molar-refractivity contribution in [3.8, 4) is 16.9 Å². The van der Waals surface area contributed by atoms with Crippen LogP contribution in [0.1, 0.15) is 22.4 Å². The van der Waals surface area contributed by atoms with E-state index in [9.17, 15) is 4.79 Å². The van der Waals surface area contributed by atoms with Gasteiger partial charge in [-0.05, 0) is 41.5 Å². The summed E-state index contributed by atoms with van der Waals surface area (Å²) in [5.74, 6) is 0.896. The van der Waals surface area contributed by atoms with Crippen LogP contribution in [0.5, 0.6) is 5.75 Å². The van der Waals surface area contributed by atoms with Crippen molar-refractivity contribution in [1.29, 1.82) is 0 Å². The predicted octanol–water partition coefficient (Wildman–Crippen LogP) is 5.18. The van der Waals surface area contributed by atoms with Crippen LogP contribution >= 0.6 is 11.6 Å². The Labute approximate surface area is 204 Å². The molecule has 3 heterocycles. The number of para-hydroxylation sites is 1. The zero-order chi connectivity index (χ0) is 23.5. The summed E-state index contributed by atoms with van der Waals surface area (Å²) in [6.07, 6.45) is 4.33. The number of pyridine rings is 2. The first-order valence-corrected chi connectivity index (χ1v) is 11.8. The molecule has 0 saturated carbocycles. The minimum absolute atomic E-state index is 0.0122. The van der Waals surface area contributed by atoms with Gasteiger partial charge in [0, 0.05) is 65.9 Å². The highest BCUT2D eigenvalue weighted by molar-refractivity contribution is 6.33. The fraction of sp³-hybridized carbons (Fsp3) is 0.214. The number of rotatable bonds is 6. The van der Waals surface area contributed by atoms with Crippen LogP contribution in [0.25, 0.3) is 11.1 Å². The van der Waals surface area contributed by atoms with Crippen molar-refractivity contribution in [2.45, 2.75) is 26.1 Å². The summed E-state index contributed by atoms with van der Waals surface area (Å²) in [6.45, 7) is 2.91. The third-order valence-corrected chi connectivity index (χ3v) is 6.72. The topological polar surface area (TPSA) is 47.4 Å². The first-order chi connectivity index (χ1) is 16.6. The molecule has 0 bridgehead atoms. The lowest BCUT2D eigenvalue weighted by molar-refractivity contribution is 0.237. The molecule has 1 aliphatic rings. The maximum absolute atomic E-state index is 13.7. The summed E-state index contributed by atoms with van der Waals surface area (Å²) in [5.41, 5.74) is 5.84. The normalized spacial score (nSPS) is 13.5. The van der Waals surface area contributed by atoms with Gasteiger partial charge < -0.3 is 9.30 Å². The second-order valence-corrected chi connectivity index (χ2v) is 8.94. The Morgan fingerprint density at radius 3 is 2.53 bits per heavy atom. The second kappa shape index (κ2) is 9.84. The number of halogens is 1. The number of hydrogen-bond donors (Lipinski definition) is 0. The van der Waals surface area contributed by atoms with Crippen molar-refractivity contribution in [2.75, 3.05) is 13.7 Å². The SMILES string of the molecule is COc1ccccc1CN1CCc2c(cc(-c3ccccc3Cl)c(=O)n2Cc2ccncc2)C1. The molecule has 1 aliphatic heterocycles. The lowest BCUT2D eigenvalue weighted by atomic mass is 9.98. The van der Waals surface area contributed by atoms with Gasteiger partial charge >= 0.3 is 0 Å². The summed E-state index contributed by atoms with van der Waals surface area (Å²) in [6, 6.07) is 21.6. The fourth-order valence-electron chi connectivity index (χ4n) is 4.70. The van der Waals surface area contributed by atoms with Crippen molar-refractivity contribution in [2.24, 2.45) is 0 Å².